The molecule has 0 bridgehead atoms. The zero-order valence-electron chi connectivity index (χ0n) is 17.6. The molecule has 0 aliphatic heterocycles. The molecule has 30 heavy (non-hydrogen) atoms. The lowest BCUT2D eigenvalue weighted by atomic mass is 10.2. The van der Waals surface area contributed by atoms with Crippen LogP contribution in [0.25, 0.3) is 10.2 Å². The number of carbonyl (C=O) groups is 1. The van der Waals surface area contributed by atoms with Gasteiger partial charge in [0.2, 0.25) is 0 Å². The molecule has 160 valence electrons. The van der Waals surface area contributed by atoms with Crippen LogP contribution in [0.1, 0.15) is 12.0 Å². The van der Waals surface area contributed by atoms with E-state index in [0.29, 0.717) is 23.2 Å². The molecular formula is C22H26FN3O3S. The monoisotopic (exact) mass is 431 g/mol. The lowest BCUT2D eigenvalue weighted by molar-refractivity contribution is -0.120. The van der Waals surface area contributed by atoms with Crippen LogP contribution in [-0.2, 0) is 4.79 Å². The highest BCUT2D eigenvalue weighted by atomic mass is 32.1. The lowest BCUT2D eigenvalue weighted by Gasteiger charge is -2.21. The fourth-order valence-electron chi connectivity index (χ4n) is 3.00. The number of rotatable bonds is 9. The predicted octanol–water partition coefficient (Wildman–Crippen LogP) is 4.12. The van der Waals surface area contributed by atoms with E-state index in [-0.39, 0.29) is 18.3 Å². The third-order valence-electron chi connectivity index (χ3n) is 4.61. The van der Waals surface area contributed by atoms with E-state index < -0.39 is 0 Å². The van der Waals surface area contributed by atoms with E-state index in [1.165, 1.54) is 35.6 Å². The summed E-state index contributed by atoms with van der Waals surface area (Å²) in [6.45, 7) is 3.22. The molecule has 0 aliphatic carbocycles. The molecule has 8 heteroatoms. The van der Waals surface area contributed by atoms with Gasteiger partial charge in [-0.15, -0.1) is 0 Å². The first-order valence-corrected chi connectivity index (χ1v) is 10.5. The van der Waals surface area contributed by atoms with Gasteiger partial charge in [0.05, 0.1) is 11.8 Å². The molecule has 0 unspecified atom stereocenters. The fraction of sp³-hybridized carbons (Fsp3) is 0.364. The van der Waals surface area contributed by atoms with Crippen molar-refractivity contribution in [2.45, 2.75) is 13.3 Å². The molecule has 0 radical (unpaired) electrons. The normalized spacial score (nSPS) is 11.1. The Balaban J connectivity index is 1.84. The summed E-state index contributed by atoms with van der Waals surface area (Å²) in [4.78, 5) is 21.5. The molecule has 0 N–H and O–H groups in total. The lowest BCUT2D eigenvalue weighted by Crippen LogP contribution is -2.36. The number of benzene rings is 2. The van der Waals surface area contributed by atoms with Gasteiger partial charge in [-0.2, -0.15) is 0 Å². The number of carbonyl (C=O) groups excluding carboxylic acids is 1. The van der Waals surface area contributed by atoms with Crippen LogP contribution in [0.5, 0.6) is 11.5 Å². The predicted molar refractivity (Wildman–Crippen MR) is 118 cm³/mol. The third kappa shape index (κ3) is 5.25. The van der Waals surface area contributed by atoms with Crippen LogP contribution in [0.2, 0.25) is 0 Å². The molecule has 0 atom stereocenters. The number of amides is 1. The maximum Gasteiger partial charge on any atom is 0.266 e. The molecule has 3 aromatic rings. The van der Waals surface area contributed by atoms with E-state index in [1.54, 1.807) is 12.0 Å². The van der Waals surface area contributed by atoms with Crippen molar-refractivity contribution in [3.63, 3.8) is 0 Å². The minimum atomic E-state index is -0.349. The topological polar surface area (TPSA) is 54.9 Å². The van der Waals surface area contributed by atoms with Gasteiger partial charge in [-0.3, -0.25) is 9.69 Å². The highest BCUT2D eigenvalue weighted by Crippen LogP contribution is 2.36. The summed E-state index contributed by atoms with van der Waals surface area (Å²) in [5, 5.41) is 0.615. The van der Waals surface area contributed by atoms with E-state index in [9.17, 15) is 9.18 Å². The number of hydrogen-bond acceptors (Lipinski definition) is 6. The van der Waals surface area contributed by atoms with Crippen LogP contribution < -0.4 is 14.4 Å². The highest BCUT2D eigenvalue weighted by Gasteiger charge is 2.22. The van der Waals surface area contributed by atoms with Crippen molar-refractivity contribution in [3.05, 3.63) is 47.8 Å². The zero-order valence-corrected chi connectivity index (χ0v) is 18.5. The van der Waals surface area contributed by atoms with Gasteiger partial charge in [-0.05, 0) is 69.9 Å². The van der Waals surface area contributed by atoms with Crippen molar-refractivity contribution in [2.75, 3.05) is 45.8 Å². The molecule has 0 saturated heterocycles. The molecule has 1 aromatic heterocycles. The number of fused-ring (bicyclic) bond motifs is 1. The molecule has 1 heterocycles. The Hall–Kier alpha value is -2.71. The summed E-state index contributed by atoms with van der Waals surface area (Å²) in [5.74, 6) is 0.577. The van der Waals surface area contributed by atoms with E-state index >= 15 is 0 Å². The molecule has 0 saturated carbocycles. The van der Waals surface area contributed by atoms with E-state index in [0.717, 1.165) is 28.7 Å². The van der Waals surface area contributed by atoms with Crippen LogP contribution in [0.4, 0.5) is 9.52 Å². The maximum atomic E-state index is 13.1. The molecule has 1 amide bonds. The minimum Gasteiger partial charge on any atom is -0.494 e. The Bertz CT molecular complexity index is 1000. The van der Waals surface area contributed by atoms with Gasteiger partial charge in [0.15, 0.2) is 11.7 Å². The Morgan fingerprint density at radius 2 is 1.87 bits per heavy atom. The van der Waals surface area contributed by atoms with Gasteiger partial charge in [-0.25, -0.2) is 9.37 Å². The summed E-state index contributed by atoms with van der Waals surface area (Å²) in [6.07, 6.45) is 0.793. The summed E-state index contributed by atoms with van der Waals surface area (Å²) in [7, 11) is 5.60. The first-order valence-electron chi connectivity index (χ1n) is 9.66. The van der Waals surface area contributed by atoms with Crippen LogP contribution >= 0.6 is 11.3 Å². The number of halogens is 1. The van der Waals surface area contributed by atoms with Gasteiger partial charge in [0, 0.05) is 6.54 Å². The molecule has 0 spiro atoms. The summed E-state index contributed by atoms with van der Waals surface area (Å²) in [5.41, 5.74) is 1.83. The Kier molecular flexibility index (Phi) is 7.23. The number of methoxy groups -OCH3 is 1. The number of hydrogen-bond donors (Lipinski definition) is 0. The standard InChI is InChI=1S/C22H26FN3O3S/c1-15-6-11-18(28-4)20-21(15)30-22(24-20)26(13-5-12-25(2)3)19(27)14-29-17-9-7-16(23)8-10-17/h6-11H,5,12-14H2,1-4H3. The first-order chi connectivity index (χ1) is 14.4. The fourth-order valence-corrected chi connectivity index (χ4v) is 4.10. The summed E-state index contributed by atoms with van der Waals surface area (Å²) < 4.78 is 25.1. The van der Waals surface area contributed by atoms with E-state index in [2.05, 4.69) is 4.90 Å². The number of nitrogens with zero attached hydrogens (tertiary/aromatic N) is 3. The average Bonchev–Trinajstić information content (AvgIpc) is 3.16. The molecule has 2 aromatic carbocycles. The van der Waals surface area contributed by atoms with Crippen molar-refractivity contribution in [3.8, 4) is 11.5 Å². The second-order valence-electron chi connectivity index (χ2n) is 7.20. The molecule has 0 aliphatic rings. The second-order valence-corrected chi connectivity index (χ2v) is 8.18. The van der Waals surface area contributed by atoms with Crippen molar-refractivity contribution >= 4 is 32.6 Å². The highest BCUT2D eigenvalue weighted by molar-refractivity contribution is 7.22. The first kappa shape index (κ1) is 22.0. The van der Waals surface area contributed by atoms with Crippen LogP contribution in [0.3, 0.4) is 0 Å². The number of anilines is 1. The van der Waals surface area contributed by atoms with Crippen LogP contribution in [0.15, 0.2) is 36.4 Å². The largest absolute Gasteiger partial charge is 0.494 e. The SMILES string of the molecule is COc1ccc(C)c2sc(N(CCCN(C)C)C(=O)COc3ccc(F)cc3)nc12. The third-order valence-corrected chi connectivity index (χ3v) is 5.82. The summed E-state index contributed by atoms with van der Waals surface area (Å²) >= 11 is 1.47. The number of aryl methyl sites for hydroxylation is 1. The summed E-state index contributed by atoms with van der Waals surface area (Å²) in [6, 6.07) is 9.49. The van der Waals surface area contributed by atoms with E-state index in [1.807, 2.05) is 33.2 Å². The number of ether oxygens (including phenoxy) is 2. The smallest absolute Gasteiger partial charge is 0.266 e. The Labute approximate surface area is 179 Å². The molecule has 0 fully saturated rings. The Morgan fingerprint density at radius 1 is 1.13 bits per heavy atom. The van der Waals surface area contributed by atoms with Crippen molar-refractivity contribution in [2.24, 2.45) is 0 Å². The number of aromatic nitrogens is 1. The van der Waals surface area contributed by atoms with Crippen LogP contribution in [0, 0.1) is 12.7 Å². The van der Waals surface area contributed by atoms with Crippen molar-refractivity contribution in [1.29, 1.82) is 0 Å². The molecule has 6 nitrogen and oxygen atoms in total. The second kappa shape index (κ2) is 9.86. The zero-order chi connectivity index (χ0) is 21.7. The molecular weight excluding hydrogens is 405 g/mol. The van der Waals surface area contributed by atoms with Crippen molar-refractivity contribution < 1.29 is 18.7 Å². The van der Waals surface area contributed by atoms with Gasteiger partial charge >= 0.3 is 0 Å². The average molecular weight is 432 g/mol. The van der Waals surface area contributed by atoms with Crippen LogP contribution in [-0.4, -0.2) is 56.7 Å². The van der Waals surface area contributed by atoms with Gasteiger partial charge < -0.3 is 14.4 Å². The minimum absolute atomic E-state index is 0.153. The van der Waals surface area contributed by atoms with E-state index in [4.69, 9.17) is 14.5 Å². The van der Waals surface area contributed by atoms with Gasteiger partial charge in [-0.1, -0.05) is 17.4 Å². The van der Waals surface area contributed by atoms with Gasteiger partial charge in [0.1, 0.15) is 22.8 Å². The quantitative estimate of drug-likeness (QED) is 0.510. The van der Waals surface area contributed by atoms with Crippen molar-refractivity contribution in [1.82, 2.24) is 9.88 Å². The maximum absolute atomic E-state index is 13.1. The molecule has 3 rings (SSSR count). The Morgan fingerprint density at radius 3 is 2.53 bits per heavy atom. The van der Waals surface area contributed by atoms with Gasteiger partial charge in [0.25, 0.3) is 5.91 Å². The number of thiazole rings is 1.